The second-order valence-electron chi connectivity index (χ2n) is 7.65. The standard InChI is InChI=1S/C20H29N3OS/c1-12-9-10-16(20(5,6)7)11-17(12)25-15(4)19(24)21-18-13(2)22-23(8)14(18)3/h9-11,15H,1-8H3,(H,21,24). The fourth-order valence-corrected chi connectivity index (χ4v) is 3.61. The summed E-state index contributed by atoms with van der Waals surface area (Å²) in [7, 11) is 1.89. The Morgan fingerprint density at radius 1 is 1.24 bits per heavy atom. The maximum Gasteiger partial charge on any atom is 0.237 e. The topological polar surface area (TPSA) is 46.9 Å². The number of anilines is 1. The minimum atomic E-state index is -0.187. The first kappa shape index (κ1) is 19.6. The van der Waals surface area contributed by atoms with Crippen molar-refractivity contribution in [3.63, 3.8) is 0 Å². The number of amides is 1. The molecular weight excluding hydrogens is 330 g/mol. The van der Waals surface area contributed by atoms with Crippen LogP contribution in [0.5, 0.6) is 0 Å². The SMILES string of the molecule is Cc1ccc(C(C)(C)C)cc1SC(C)C(=O)Nc1c(C)nn(C)c1C. The van der Waals surface area contributed by atoms with Crippen LogP contribution in [0, 0.1) is 20.8 Å². The van der Waals surface area contributed by atoms with Crippen molar-refractivity contribution in [2.45, 2.75) is 64.0 Å². The van der Waals surface area contributed by atoms with E-state index in [9.17, 15) is 4.79 Å². The first-order valence-electron chi connectivity index (χ1n) is 8.59. The summed E-state index contributed by atoms with van der Waals surface area (Å²) in [6.07, 6.45) is 0. The number of nitrogens with one attached hydrogen (secondary N) is 1. The Morgan fingerprint density at radius 2 is 1.88 bits per heavy atom. The quantitative estimate of drug-likeness (QED) is 0.801. The van der Waals surface area contributed by atoms with E-state index >= 15 is 0 Å². The number of hydrogen-bond acceptors (Lipinski definition) is 3. The second-order valence-corrected chi connectivity index (χ2v) is 9.03. The number of aryl methyl sites for hydroxylation is 3. The molecule has 0 fully saturated rings. The van der Waals surface area contributed by atoms with Gasteiger partial charge in [-0.25, -0.2) is 0 Å². The number of thioether (sulfide) groups is 1. The lowest BCUT2D eigenvalue weighted by Crippen LogP contribution is -2.23. The summed E-state index contributed by atoms with van der Waals surface area (Å²) in [4.78, 5) is 13.8. The minimum Gasteiger partial charge on any atom is -0.322 e. The third kappa shape index (κ3) is 4.46. The van der Waals surface area contributed by atoms with Crippen molar-refractivity contribution in [2.24, 2.45) is 7.05 Å². The summed E-state index contributed by atoms with van der Waals surface area (Å²) in [5.41, 5.74) is 5.21. The van der Waals surface area contributed by atoms with Crippen LogP contribution in [0.3, 0.4) is 0 Å². The van der Waals surface area contributed by atoms with Crippen LogP contribution >= 0.6 is 11.8 Å². The Hall–Kier alpha value is -1.75. The molecule has 0 bridgehead atoms. The molecule has 1 N–H and O–H groups in total. The van der Waals surface area contributed by atoms with Crippen LogP contribution in [0.1, 0.15) is 50.2 Å². The van der Waals surface area contributed by atoms with Crippen LogP contribution in [-0.4, -0.2) is 20.9 Å². The fraction of sp³-hybridized carbons (Fsp3) is 0.500. The van der Waals surface area contributed by atoms with E-state index in [0.717, 1.165) is 22.0 Å². The number of aromatic nitrogens is 2. The molecule has 1 amide bonds. The molecule has 1 aromatic heterocycles. The highest BCUT2D eigenvalue weighted by atomic mass is 32.2. The highest BCUT2D eigenvalue weighted by Gasteiger charge is 2.21. The lowest BCUT2D eigenvalue weighted by atomic mass is 9.87. The average molecular weight is 360 g/mol. The molecule has 1 atom stereocenters. The summed E-state index contributed by atoms with van der Waals surface area (Å²) in [5, 5.41) is 7.21. The van der Waals surface area contributed by atoms with Gasteiger partial charge in [0.2, 0.25) is 5.91 Å². The molecule has 0 saturated heterocycles. The van der Waals surface area contributed by atoms with Crippen molar-refractivity contribution >= 4 is 23.4 Å². The predicted octanol–water partition coefficient (Wildman–Crippen LogP) is 4.76. The number of rotatable bonds is 4. The minimum absolute atomic E-state index is 0.00441. The molecule has 2 rings (SSSR count). The summed E-state index contributed by atoms with van der Waals surface area (Å²) >= 11 is 1.61. The molecule has 5 heteroatoms. The van der Waals surface area contributed by atoms with Gasteiger partial charge in [-0.1, -0.05) is 32.9 Å². The molecule has 0 radical (unpaired) electrons. The van der Waals surface area contributed by atoms with E-state index in [1.807, 2.05) is 27.8 Å². The molecule has 0 aliphatic carbocycles. The Morgan fingerprint density at radius 3 is 2.40 bits per heavy atom. The zero-order chi connectivity index (χ0) is 18.9. The largest absolute Gasteiger partial charge is 0.322 e. The average Bonchev–Trinajstić information content (AvgIpc) is 2.74. The molecule has 0 aliphatic rings. The molecule has 136 valence electrons. The first-order valence-corrected chi connectivity index (χ1v) is 9.47. The second kappa shape index (κ2) is 7.24. The van der Waals surface area contributed by atoms with Gasteiger partial charge in [0.15, 0.2) is 0 Å². The van der Waals surface area contributed by atoms with E-state index in [1.54, 1.807) is 16.4 Å². The van der Waals surface area contributed by atoms with Crippen molar-refractivity contribution in [1.82, 2.24) is 9.78 Å². The lowest BCUT2D eigenvalue weighted by molar-refractivity contribution is -0.115. The number of nitrogens with zero attached hydrogens (tertiary/aromatic N) is 2. The first-order chi connectivity index (χ1) is 11.5. The highest BCUT2D eigenvalue weighted by Crippen LogP contribution is 2.32. The van der Waals surface area contributed by atoms with E-state index in [1.165, 1.54) is 11.1 Å². The molecule has 1 aromatic carbocycles. The van der Waals surface area contributed by atoms with Gasteiger partial charge in [-0.15, -0.1) is 11.8 Å². The summed E-state index contributed by atoms with van der Waals surface area (Å²) in [5.74, 6) is 0.00441. The molecule has 1 heterocycles. The number of hydrogen-bond donors (Lipinski definition) is 1. The van der Waals surface area contributed by atoms with Crippen LogP contribution in [0.15, 0.2) is 23.1 Å². The Kier molecular flexibility index (Phi) is 5.67. The maximum absolute atomic E-state index is 12.7. The van der Waals surface area contributed by atoms with Gasteiger partial charge in [-0.3, -0.25) is 9.48 Å². The van der Waals surface area contributed by atoms with Gasteiger partial charge in [-0.2, -0.15) is 5.10 Å². The molecular formula is C20H29N3OS. The van der Waals surface area contributed by atoms with Crippen LogP contribution in [-0.2, 0) is 17.3 Å². The van der Waals surface area contributed by atoms with Gasteiger partial charge >= 0.3 is 0 Å². The van der Waals surface area contributed by atoms with Gasteiger partial charge in [0.1, 0.15) is 0 Å². The van der Waals surface area contributed by atoms with Gasteiger partial charge in [0.25, 0.3) is 0 Å². The predicted molar refractivity (Wildman–Crippen MR) is 107 cm³/mol. The summed E-state index contributed by atoms with van der Waals surface area (Å²) < 4.78 is 1.79. The zero-order valence-corrected chi connectivity index (χ0v) is 17.3. The van der Waals surface area contributed by atoms with Crippen LogP contribution in [0.2, 0.25) is 0 Å². The van der Waals surface area contributed by atoms with Crippen molar-refractivity contribution in [1.29, 1.82) is 0 Å². The highest BCUT2D eigenvalue weighted by molar-refractivity contribution is 8.00. The van der Waals surface area contributed by atoms with Gasteiger partial charge in [-0.05, 0) is 50.3 Å². The molecule has 4 nitrogen and oxygen atoms in total. The molecule has 2 aromatic rings. The van der Waals surface area contributed by atoms with Crippen LogP contribution in [0.25, 0.3) is 0 Å². The van der Waals surface area contributed by atoms with Crippen molar-refractivity contribution in [3.05, 3.63) is 40.7 Å². The monoisotopic (exact) mass is 359 g/mol. The molecule has 0 aliphatic heterocycles. The molecule has 25 heavy (non-hydrogen) atoms. The van der Waals surface area contributed by atoms with E-state index < -0.39 is 0 Å². The van der Waals surface area contributed by atoms with Crippen LogP contribution in [0.4, 0.5) is 5.69 Å². The normalized spacial score (nSPS) is 13.0. The summed E-state index contributed by atoms with van der Waals surface area (Å²) in [6, 6.07) is 6.53. The Labute approximate surface area is 155 Å². The molecule has 1 unspecified atom stereocenters. The van der Waals surface area contributed by atoms with Crippen molar-refractivity contribution in [2.75, 3.05) is 5.32 Å². The third-order valence-corrected chi connectivity index (χ3v) is 5.75. The van der Waals surface area contributed by atoms with Crippen molar-refractivity contribution < 1.29 is 4.79 Å². The van der Waals surface area contributed by atoms with Crippen molar-refractivity contribution in [3.8, 4) is 0 Å². The van der Waals surface area contributed by atoms with Gasteiger partial charge in [0.05, 0.1) is 22.3 Å². The molecule has 0 saturated carbocycles. The van der Waals surface area contributed by atoms with E-state index in [2.05, 4.69) is 56.3 Å². The lowest BCUT2D eigenvalue weighted by Gasteiger charge is -2.21. The number of carbonyl (C=O) groups excluding carboxylic acids is 1. The van der Waals surface area contributed by atoms with E-state index in [4.69, 9.17) is 0 Å². The molecule has 0 spiro atoms. The van der Waals surface area contributed by atoms with E-state index in [0.29, 0.717) is 0 Å². The summed E-state index contributed by atoms with van der Waals surface area (Å²) in [6.45, 7) is 14.5. The maximum atomic E-state index is 12.7. The fourth-order valence-electron chi connectivity index (χ4n) is 2.62. The number of benzene rings is 1. The van der Waals surface area contributed by atoms with Crippen LogP contribution < -0.4 is 5.32 Å². The smallest absolute Gasteiger partial charge is 0.237 e. The third-order valence-electron chi connectivity index (χ3n) is 4.48. The Bertz CT molecular complexity index is 787. The number of carbonyl (C=O) groups is 1. The van der Waals surface area contributed by atoms with Gasteiger partial charge < -0.3 is 5.32 Å². The Balaban J connectivity index is 2.16. The zero-order valence-electron chi connectivity index (χ0n) is 16.5. The van der Waals surface area contributed by atoms with Gasteiger partial charge in [0, 0.05) is 11.9 Å². The van der Waals surface area contributed by atoms with E-state index in [-0.39, 0.29) is 16.6 Å².